The molecule has 110 valence electrons. The second-order valence-corrected chi connectivity index (χ2v) is 6.09. The zero-order chi connectivity index (χ0) is 14.7. The Labute approximate surface area is 128 Å². The van der Waals surface area contributed by atoms with Crippen LogP contribution in [-0.2, 0) is 4.79 Å². The van der Waals surface area contributed by atoms with Crippen LogP contribution in [0.3, 0.4) is 0 Å². The van der Waals surface area contributed by atoms with Gasteiger partial charge in [0, 0.05) is 13.1 Å². The Morgan fingerprint density at radius 3 is 2.81 bits per heavy atom. The Kier molecular flexibility index (Phi) is 4.24. The summed E-state index contributed by atoms with van der Waals surface area (Å²) < 4.78 is 1.94. The largest absolute Gasteiger partial charge is 0.342 e. The smallest absolute Gasteiger partial charge is 0.233 e. The minimum absolute atomic E-state index is 0.192. The molecule has 5 nitrogen and oxygen atoms in total. The van der Waals surface area contributed by atoms with Gasteiger partial charge in [-0.2, -0.15) is 0 Å². The van der Waals surface area contributed by atoms with Gasteiger partial charge in [0.1, 0.15) is 6.33 Å². The first kappa shape index (κ1) is 14.1. The molecule has 6 heteroatoms. The van der Waals surface area contributed by atoms with Gasteiger partial charge in [0.25, 0.3) is 0 Å². The molecule has 2 aromatic rings. The standard InChI is InChI=1S/C15H18N4OS/c1-12-6-2-3-7-13(12)19-11-16-17-15(19)21-10-14(20)18-8-4-5-9-18/h2-3,6-7,11H,4-5,8-10H2,1H3. The van der Waals surface area contributed by atoms with Crippen LogP contribution in [0, 0.1) is 6.92 Å². The molecule has 21 heavy (non-hydrogen) atoms. The number of rotatable bonds is 4. The van der Waals surface area contributed by atoms with E-state index in [0.29, 0.717) is 5.75 Å². The minimum atomic E-state index is 0.192. The van der Waals surface area contributed by atoms with E-state index in [1.54, 1.807) is 6.33 Å². The second kappa shape index (κ2) is 6.30. The van der Waals surface area contributed by atoms with Crippen LogP contribution in [0.2, 0.25) is 0 Å². The molecule has 0 atom stereocenters. The molecule has 0 aliphatic carbocycles. The minimum Gasteiger partial charge on any atom is -0.342 e. The normalized spacial score (nSPS) is 14.6. The Hall–Kier alpha value is -1.82. The Bertz CT molecular complexity index is 634. The van der Waals surface area contributed by atoms with Gasteiger partial charge in [0.2, 0.25) is 5.91 Å². The number of benzene rings is 1. The highest BCUT2D eigenvalue weighted by Gasteiger charge is 2.19. The average Bonchev–Trinajstić information content (AvgIpc) is 3.17. The van der Waals surface area contributed by atoms with E-state index >= 15 is 0 Å². The van der Waals surface area contributed by atoms with Crippen molar-refractivity contribution < 1.29 is 4.79 Å². The van der Waals surface area contributed by atoms with Crippen LogP contribution in [0.4, 0.5) is 0 Å². The fraction of sp³-hybridized carbons (Fsp3) is 0.400. The number of para-hydroxylation sites is 1. The summed E-state index contributed by atoms with van der Waals surface area (Å²) in [5, 5.41) is 8.88. The number of aromatic nitrogens is 3. The quantitative estimate of drug-likeness (QED) is 0.813. The molecule has 1 aliphatic heterocycles. The third-order valence-corrected chi connectivity index (χ3v) is 4.60. The van der Waals surface area contributed by atoms with Crippen LogP contribution in [-0.4, -0.2) is 44.4 Å². The molecule has 1 amide bonds. The van der Waals surface area contributed by atoms with Gasteiger partial charge in [-0.15, -0.1) is 10.2 Å². The third-order valence-electron chi connectivity index (χ3n) is 3.67. The molecule has 1 aromatic carbocycles. The van der Waals surface area contributed by atoms with E-state index in [4.69, 9.17) is 0 Å². The first-order valence-corrected chi connectivity index (χ1v) is 8.11. The molecule has 0 radical (unpaired) electrons. The van der Waals surface area contributed by atoms with Gasteiger partial charge in [-0.05, 0) is 31.4 Å². The van der Waals surface area contributed by atoms with E-state index in [2.05, 4.69) is 23.2 Å². The molecule has 3 rings (SSSR count). The summed E-state index contributed by atoms with van der Waals surface area (Å²) in [5.74, 6) is 0.613. The number of hydrogen-bond acceptors (Lipinski definition) is 4. The number of thioether (sulfide) groups is 1. The zero-order valence-corrected chi connectivity index (χ0v) is 12.8. The number of nitrogens with zero attached hydrogens (tertiary/aromatic N) is 4. The Balaban J connectivity index is 1.71. The van der Waals surface area contributed by atoms with Crippen molar-refractivity contribution in [1.82, 2.24) is 19.7 Å². The van der Waals surface area contributed by atoms with Crippen molar-refractivity contribution in [2.24, 2.45) is 0 Å². The van der Waals surface area contributed by atoms with Gasteiger partial charge in [0.15, 0.2) is 5.16 Å². The molecule has 0 unspecified atom stereocenters. The summed E-state index contributed by atoms with van der Waals surface area (Å²) in [4.78, 5) is 14.0. The van der Waals surface area contributed by atoms with E-state index < -0.39 is 0 Å². The molecular formula is C15H18N4OS. The number of carbonyl (C=O) groups is 1. The molecule has 2 heterocycles. The number of amides is 1. The summed E-state index contributed by atoms with van der Waals surface area (Å²) in [5.41, 5.74) is 2.21. The van der Waals surface area contributed by atoms with Gasteiger partial charge in [-0.3, -0.25) is 9.36 Å². The van der Waals surface area contributed by atoms with Gasteiger partial charge in [0.05, 0.1) is 11.4 Å². The molecule has 1 fully saturated rings. The maximum absolute atomic E-state index is 12.1. The fourth-order valence-electron chi connectivity index (χ4n) is 2.51. The van der Waals surface area contributed by atoms with Crippen molar-refractivity contribution in [3.63, 3.8) is 0 Å². The lowest BCUT2D eigenvalue weighted by atomic mass is 10.2. The van der Waals surface area contributed by atoms with E-state index in [1.165, 1.54) is 11.8 Å². The maximum Gasteiger partial charge on any atom is 0.233 e. The van der Waals surface area contributed by atoms with Crippen molar-refractivity contribution in [3.05, 3.63) is 36.2 Å². The lowest BCUT2D eigenvalue weighted by molar-refractivity contribution is -0.127. The highest BCUT2D eigenvalue weighted by molar-refractivity contribution is 7.99. The Morgan fingerprint density at radius 2 is 2.05 bits per heavy atom. The lowest BCUT2D eigenvalue weighted by Crippen LogP contribution is -2.29. The predicted molar refractivity (Wildman–Crippen MR) is 82.6 cm³/mol. The number of hydrogen-bond donors (Lipinski definition) is 0. The van der Waals surface area contributed by atoms with Crippen molar-refractivity contribution >= 4 is 17.7 Å². The molecule has 0 bridgehead atoms. The summed E-state index contributed by atoms with van der Waals surface area (Å²) in [6, 6.07) is 8.09. The number of carbonyl (C=O) groups excluding carboxylic acids is 1. The summed E-state index contributed by atoms with van der Waals surface area (Å²) in [6.45, 7) is 3.84. The van der Waals surface area contributed by atoms with Crippen LogP contribution in [0.5, 0.6) is 0 Å². The molecule has 1 saturated heterocycles. The van der Waals surface area contributed by atoms with Gasteiger partial charge in [-0.25, -0.2) is 0 Å². The first-order valence-electron chi connectivity index (χ1n) is 7.12. The number of aryl methyl sites for hydroxylation is 1. The van der Waals surface area contributed by atoms with Crippen LogP contribution >= 0.6 is 11.8 Å². The second-order valence-electron chi connectivity index (χ2n) is 5.15. The monoisotopic (exact) mass is 302 g/mol. The molecule has 1 aromatic heterocycles. The van der Waals surface area contributed by atoms with Gasteiger partial charge in [-0.1, -0.05) is 30.0 Å². The van der Waals surface area contributed by atoms with E-state index in [1.807, 2.05) is 27.7 Å². The molecule has 0 spiro atoms. The summed E-state index contributed by atoms with van der Waals surface area (Å²) >= 11 is 1.45. The van der Waals surface area contributed by atoms with Crippen molar-refractivity contribution in [1.29, 1.82) is 0 Å². The topological polar surface area (TPSA) is 51.0 Å². The third kappa shape index (κ3) is 3.10. The average molecular weight is 302 g/mol. The molecule has 1 aliphatic rings. The van der Waals surface area contributed by atoms with Crippen LogP contribution in [0.1, 0.15) is 18.4 Å². The van der Waals surface area contributed by atoms with Crippen molar-refractivity contribution in [2.45, 2.75) is 24.9 Å². The zero-order valence-electron chi connectivity index (χ0n) is 12.0. The van der Waals surface area contributed by atoms with Crippen LogP contribution in [0.25, 0.3) is 5.69 Å². The molecule has 0 saturated carbocycles. The molecule has 0 N–H and O–H groups in total. The maximum atomic E-state index is 12.1. The number of likely N-dealkylation sites (tertiary alicyclic amines) is 1. The SMILES string of the molecule is Cc1ccccc1-n1cnnc1SCC(=O)N1CCCC1. The molecular weight excluding hydrogens is 284 g/mol. The van der Waals surface area contributed by atoms with E-state index in [0.717, 1.165) is 42.3 Å². The summed E-state index contributed by atoms with van der Waals surface area (Å²) in [6.07, 6.45) is 3.94. The Morgan fingerprint density at radius 1 is 1.29 bits per heavy atom. The van der Waals surface area contributed by atoms with Crippen molar-refractivity contribution in [2.75, 3.05) is 18.8 Å². The predicted octanol–water partition coefficient (Wildman–Crippen LogP) is 2.29. The first-order chi connectivity index (χ1) is 10.3. The highest BCUT2D eigenvalue weighted by Crippen LogP contribution is 2.22. The van der Waals surface area contributed by atoms with Crippen molar-refractivity contribution in [3.8, 4) is 5.69 Å². The lowest BCUT2D eigenvalue weighted by Gasteiger charge is -2.14. The van der Waals surface area contributed by atoms with E-state index in [9.17, 15) is 4.79 Å². The van der Waals surface area contributed by atoms with Gasteiger partial charge < -0.3 is 4.90 Å². The fourth-order valence-corrected chi connectivity index (χ4v) is 3.33. The highest BCUT2D eigenvalue weighted by atomic mass is 32.2. The summed E-state index contributed by atoms with van der Waals surface area (Å²) in [7, 11) is 0. The van der Waals surface area contributed by atoms with Crippen LogP contribution < -0.4 is 0 Å². The van der Waals surface area contributed by atoms with E-state index in [-0.39, 0.29) is 5.91 Å². The van der Waals surface area contributed by atoms with Gasteiger partial charge >= 0.3 is 0 Å². The van der Waals surface area contributed by atoms with Crippen LogP contribution in [0.15, 0.2) is 35.7 Å².